The maximum absolute atomic E-state index is 11.9. The van der Waals surface area contributed by atoms with Crippen molar-refractivity contribution < 1.29 is 9.53 Å². The predicted octanol–water partition coefficient (Wildman–Crippen LogP) is 3.09. The van der Waals surface area contributed by atoms with Crippen molar-refractivity contribution in [3.8, 4) is 0 Å². The number of nitrogens with one attached hydrogen (secondary N) is 1. The minimum atomic E-state index is -0.196. The van der Waals surface area contributed by atoms with Crippen molar-refractivity contribution >= 4 is 16.9 Å². The third kappa shape index (κ3) is 4.08. The smallest absolute Gasteiger partial charge is 0.326 e. The lowest BCUT2D eigenvalue weighted by Gasteiger charge is -2.09. The molecule has 0 amide bonds. The van der Waals surface area contributed by atoms with E-state index in [-0.39, 0.29) is 18.6 Å². The average molecular weight is 288 g/mol. The van der Waals surface area contributed by atoms with E-state index in [1.165, 1.54) is 10.9 Å². The molecule has 0 spiro atoms. The van der Waals surface area contributed by atoms with Gasteiger partial charge >= 0.3 is 5.97 Å². The molecule has 0 atom stereocenters. The molecule has 4 nitrogen and oxygen atoms in total. The van der Waals surface area contributed by atoms with Crippen LogP contribution in [-0.2, 0) is 22.6 Å². The van der Waals surface area contributed by atoms with Crippen molar-refractivity contribution in [1.82, 2.24) is 9.88 Å². The molecule has 21 heavy (non-hydrogen) atoms. The normalized spacial score (nSPS) is 11.2. The second-order valence-electron chi connectivity index (χ2n) is 5.51. The number of benzene rings is 1. The number of esters is 1. The van der Waals surface area contributed by atoms with Crippen LogP contribution in [0.15, 0.2) is 30.5 Å². The van der Waals surface area contributed by atoms with E-state index in [4.69, 9.17) is 4.74 Å². The second kappa shape index (κ2) is 7.27. The van der Waals surface area contributed by atoms with Crippen molar-refractivity contribution in [2.45, 2.75) is 46.4 Å². The SMILES string of the molecule is CCCNCc1cn(CC(=O)OC(C)C)c2ccccc12. The summed E-state index contributed by atoms with van der Waals surface area (Å²) < 4.78 is 7.21. The van der Waals surface area contributed by atoms with Crippen molar-refractivity contribution in [2.75, 3.05) is 6.54 Å². The number of nitrogens with zero attached hydrogens (tertiary/aromatic N) is 1. The molecular formula is C17H24N2O2. The number of rotatable bonds is 7. The standard InChI is InChI=1S/C17H24N2O2/c1-4-9-18-10-14-11-19(12-17(20)21-13(2)3)16-8-6-5-7-15(14)16/h5-8,11,13,18H,4,9-10,12H2,1-3H3. The van der Waals surface area contributed by atoms with Crippen LogP contribution in [0, 0.1) is 0 Å². The Labute approximate surface area is 126 Å². The first-order valence-corrected chi connectivity index (χ1v) is 7.58. The molecule has 1 aromatic carbocycles. The van der Waals surface area contributed by atoms with E-state index in [9.17, 15) is 4.79 Å². The van der Waals surface area contributed by atoms with Crippen molar-refractivity contribution in [3.63, 3.8) is 0 Å². The molecule has 0 unspecified atom stereocenters. The molecule has 0 aliphatic carbocycles. The first-order chi connectivity index (χ1) is 10.1. The van der Waals surface area contributed by atoms with Gasteiger partial charge in [0.05, 0.1) is 6.10 Å². The molecular weight excluding hydrogens is 264 g/mol. The van der Waals surface area contributed by atoms with E-state index < -0.39 is 0 Å². The van der Waals surface area contributed by atoms with E-state index in [0.29, 0.717) is 0 Å². The van der Waals surface area contributed by atoms with Gasteiger partial charge in [-0.3, -0.25) is 4.79 Å². The van der Waals surface area contributed by atoms with Gasteiger partial charge in [-0.15, -0.1) is 0 Å². The monoisotopic (exact) mass is 288 g/mol. The first kappa shape index (κ1) is 15.6. The summed E-state index contributed by atoms with van der Waals surface area (Å²) in [6.07, 6.45) is 3.08. The minimum Gasteiger partial charge on any atom is -0.462 e. The topological polar surface area (TPSA) is 43.3 Å². The Balaban J connectivity index is 2.21. The Bertz CT molecular complexity index is 602. The lowest BCUT2D eigenvalue weighted by molar-refractivity contribution is -0.148. The number of fused-ring (bicyclic) bond motifs is 1. The molecule has 0 saturated heterocycles. The highest BCUT2D eigenvalue weighted by atomic mass is 16.5. The highest BCUT2D eigenvalue weighted by Crippen LogP contribution is 2.21. The molecule has 0 aliphatic heterocycles. The fraction of sp³-hybridized carbons (Fsp3) is 0.471. The van der Waals surface area contributed by atoms with E-state index in [1.807, 2.05) is 36.6 Å². The number of ether oxygens (including phenoxy) is 1. The number of carbonyl (C=O) groups excluding carboxylic acids is 1. The van der Waals surface area contributed by atoms with Gasteiger partial charge in [0.1, 0.15) is 6.54 Å². The summed E-state index contributed by atoms with van der Waals surface area (Å²) in [6, 6.07) is 8.17. The van der Waals surface area contributed by atoms with Crippen molar-refractivity contribution in [1.29, 1.82) is 0 Å². The Morgan fingerprint density at radius 3 is 2.81 bits per heavy atom. The lowest BCUT2D eigenvalue weighted by atomic mass is 10.2. The minimum absolute atomic E-state index is 0.0787. The van der Waals surface area contributed by atoms with Crippen LogP contribution in [0.5, 0.6) is 0 Å². The number of para-hydroxylation sites is 1. The van der Waals surface area contributed by atoms with Gasteiger partial charge in [-0.05, 0) is 38.4 Å². The summed E-state index contributed by atoms with van der Waals surface area (Å²) in [7, 11) is 0. The van der Waals surface area contributed by atoms with Gasteiger partial charge in [0.25, 0.3) is 0 Å². The molecule has 0 aliphatic rings. The Morgan fingerprint density at radius 2 is 2.10 bits per heavy atom. The average Bonchev–Trinajstić information content (AvgIpc) is 2.77. The van der Waals surface area contributed by atoms with E-state index in [1.54, 1.807) is 0 Å². The molecule has 0 bridgehead atoms. The third-order valence-electron chi connectivity index (χ3n) is 3.28. The quantitative estimate of drug-likeness (QED) is 0.629. The van der Waals surface area contributed by atoms with Gasteiger partial charge in [-0.2, -0.15) is 0 Å². The lowest BCUT2D eigenvalue weighted by Crippen LogP contribution is -2.17. The molecule has 1 N–H and O–H groups in total. The predicted molar refractivity (Wildman–Crippen MR) is 85.2 cm³/mol. The Kier molecular flexibility index (Phi) is 5.39. The third-order valence-corrected chi connectivity index (χ3v) is 3.28. The fourth-order valence-electron chi connectivity index (χ4n) is 2.43. The molecule has 0 saturated carbocycles. The van der Waals surface area contributed by atoms with Crippen LogP contribution in [0.2, 0.25) is 0 Å². The number of hydrogen-bond acceptors (Lipinski definition) is 3. The van der Waals surface area contributed by atoms with Crippen LogP contribution >= 0.6 is 0 Å². The number of hydrogen-bond donors (Lipinski definition) is 1. The maximum Gasteiger partial charge on any atom is 0.326 e. The van der Waals surface area contributed by atoms with Gasteiger partial charge in [0.15, 0.2) is 0 Å². The van der Waals surface area contributed by atoms with Crippen LogP contribution in [0.1, 0.15) is 32.8 Å². The van der Waals surface area contributed by atoms with Crippen LogP contribution in [0.4, 0.5) is 0 Å². The molecule has 1 heterocycles. The zero-order valence-electron chi connectivity index (χ0n) is 13.1. The Hall–Kier alpha value is -1.81. The summed E-state index contributed by atoms with van der Waals surface area (Å²) in [5, 5.41) is 4.61. The number of carbonyl (C=O) groups is 1. The first-order valence-electron chi connectivity index (χ1n) is 7.58. The summed E-state index contributed by atoms with van der Waals surface area (Å²) in [5.74, 6) is -0.196. The van der Waals surface area contributed by atoms with Crippen molar-refractivity contribution in [2.24, 2.45) is 0 Å². The van der Waals surface area contributed by atoms with Gasteiger partial charge in [0, 0.05) is 23.6 Å². The zero-order chi connectivity index (χ0) is 15.2. The van der Waals surface area contributed by atoms with E-state index >= 15 is 0 Å². The highest BCUT2D eigenvalue weighted by molar-refractivity contribution is 5.85. The molecule has 2 aromatic rings. The Morgan fingerprint density at radius 1 is 1.33 bits per heavy atom. The van der Waals surface area contributed by atoms with Crippen LogP contribution in [0.25, 0.3) is 10.9 Å². The van der Waals surface area contributed by atoms with Gasteiger partial charge in [-0.25, -0.2) is 0 Å². The molecule has 2 rings (SSSR count). The highest BCUT2D eigenvalue weighted by Gasteiger charge is 2.12. The molecule has 1 aromatic heterocycles. The summed E-state index contributed by atoms with van der Waals surface area (Å²) in [5.41, 5.74) is 2.29. The molecule has 4 heteroatoms. The second-order valence-corrected chi connectivity index (χ2v) is 5.51. The summed E-state index contributed by atoms with van der Waals surface area (Å²) in [4.78, 5) is 11.9. The van der Waals surface area contributed by atoms with Crippen LogP contribution < -0.4 is 5.32 Å². The van der Waals surface area contributed by atoms with Gasteiger partial charge in [0.2, 0.25) is 0 Å². The summed E-state index contributed by atoms with van der Waals surface area (Å²) >= 11 is 0. The van der Waals surface area contributed by atoms with Gasteiger partial charge < -0.3 is 14.6 Å². The zero-order valence-corrected chi connectivity index (χ0v) is 13.1. The molecule has 0 radical (unpaired) electrons. The largest absolute Gasteiger partial charge is 0.462 e. The van der Waals surface area contributed by atoms with Crippen molar-refractivity contribution in [3.05, 3.63) is 36.0 Å². The van der Waals surface area contributed by atoms with Crippen LogP contribution in [0.3, 0.4) is 0 Å². The summed E-state index contributed by atoms with van der Waals surface area (Å²) in [6.45, 7) is 7.96. The van der Waals surface area contributed by atoms with E-state index in [0.717, 1.165) is 25.0 Å². The van der Waals surface area contributed by atoms with Crippen LogP contribution in [-0.4, -0.2) is 23.2 Å². The molecule has 0 fully saturated rings. The molecule has 114 valence electrons. The van der Waals surface area contributed by atoms with E-state index in [2.05, 4.69) is 24.5 Å². The number of aromatic nitrogens is 1. The fourth-order valence-corrected chi connectivity index (χ4v) is 2.43. The van der Waals surface area contributed by atoms with Gasteiger partial charge in [-0.1, -0.05) is 25.1 Å². The maximum atomic E-state index is 11.9.